The van der Waals surface area contributed by atoms with Gasteiger partial charge in [-0.15, -0.1) is 0 Å². The molecule has 1 aliphatic heterocycles. The number of ether oxygens (including phenoxy) is 1. The maximum absolute atomic E-state index is 13.4. The van der Waals surface area contributed by atoms with Gasteiger partial charge < -0.3 is 10.1 Å². The molecule has 1 N–H and O–H groups in total. The average molecular weight is 484 g/mol. The lowest BCUT2D eigenvalue weighted by Gasteiger charge is -2.32. The molecule has 3 aromatic rings. The van der Waals surface area contributed by atoms with E-state index in [0.717, 1.165) is 30.5 Å². The van der Waals surface area contributed by atoms with Crippen LogP contribution in [0, 0.1) is 0 Å². The summed E-state index contributed by atoms with van der Waals surface area (Å²) >= 11 is 0. The fourth-order valence-corrected chi connectivity index (χ4v) is 6.08. The SMILES string of the molecule is COc1ccc(C(=O)N[C@H](C)c2ccc(-n3cncn3)cc2)cc1S(=O)(=O)N1CCCC[C@@H]1C. The van der Waals surface area contributed by atoms with E-state index in [2.05, 4.69) is 15.4 Å². The zero-order valence-electron chi connectivity index (χ0n) is 19.5. The molecule has 10 heteroatoms. The predicted molar refractivity (Wildman–Crippen MR) is 127 cm³/mol. The molecule has 2 heterocycles. The predicted octanol–water partition coefficient (Wildman–Crippen LogP) is 3.33. The summed E-state index contributed by atoms with van der Waals surface area (Å²) in [5, 5.41) is 7.05. The van der Waals surface area contributed by atoms with Crippen LogP contribution in [0.15, 0.2) is 60.0 Å². The topological polar surface area (TPSA) is 106 Å². The van der Waals surface area contributed by atoms with E-state index in [0.29, 0.717) is 6.54 Å². The summed E-state index contributed by atoms with van der Waals surface area (Å²) in [6.07, 6.45) is 5.71. The number of piperidine rings is 1. The summed E-state index contributed by atoms with van der Waals surface area (Å²) < 4.78 is 35.3. The quantitative estimate of drug-likeness (QED) is 0.553. The molecule has 9 nitrogen and oxygen atoms in total. The molecule has 1 amide bonds. The van der Waals surface area contributed by atoms with Gasteiger partial charge in [-0.05, 0) is 62.6 Å². The van der Waals surface area contributed by atoms with Crippen molar-refractivity contribution in [1.29, 1.82) is 0 Å². The number of amides is 1. The van der Waals surface area contributed by atoms with E-state index in [1.165, 1.54) is 29.9 Å². The first-order chi connectivity index (χ1) is 16.3. The number of nitrogens with one attached hydrogen (secondary N) is 1. The van der Waals surface area contributed by atoms with E-state index < -0.39 is 10.0 Å². The Labute approximate surface area is 199 Å². The van der Waals surface area contributed by atoms with E-state index in [1.54, 1.807) is 17.1 Å². The monoisotopic (exact) mass is 483 g/mol. The first-order valence-corrected chi connectivity index (χ1v) is 12.7. The van der Waals surface area contributed by atoms with Gasteiger partial charge in [0.15, 0.2) is 0 Å². The molecule has 0 spiro atoms. The molecular formula is C24H29N5O4S. The zero-order chi connectivity index (χ0) is 24.3. The lowest BCUT2D eigenvalue weighted by atomic mass is 10.1. The van der Waals surface area contributed by atoms with Gasteiger partial charge >= 0.3 is 0 Å². The van der Waals surface area contributed by atoms with Crippen LogP contribution in [0.2, 0.25) is 0 Å². The highest BCUT2D eigenvalue weighted by molar-refractivity contribution is 7.89. The molecule has 0 saturated carbocycles. The van der Waals surface area contributed by atoms with Gasteiger partial charge in [0.2, 0.25) is 10.0 Å². The molecule has 0 bridgehead atoms. The molecule has 1 fully saturated rings. The molecule has 1 aromatic heterocycles. The number of carbonyl (C=O) groups excluding carboxylic acids is 1. The highest BCUT2D eigenvalue weighted by atomic mass is 32.2. The highest BCUT2D eigenvalue weighted by Gasteiger charge is 2.33. The van der Waals surface area contributed by atoms with E-state index >= 15 is 0 Å². The minimum Gasteiger partial charge on any atom is -0.495 e. The van der Waals surface area contributed by atoms with Crippen LogP contribution in [-0.4, -0.2) is 53.1 Å². The average Bonchev–Trinajstić information content (AvgIpc) is 3.39. The van der Waals surface area contributed by atoms with Crippen molar-refractivity contribution >= 4 is 15.9 Å². The van der Waals surface area contributed by atoms with Crippen LogP contribution in [-0.2, 0) is 10.0 Å². The zero-order valence-corrected chi connectivity index (χ0v) is 20.3. The largest absolute Gasteiger partial charge is 0.495 e. The van der Waals surface area contributed by atoms with Crippen molar-refractivity contribution in [3.63, 3.8) is 0 Å². The van der Waals surface area contributed by atoms with Crippen LogP contribution < -0.4 is 10.1 Å². The van der Waals surface area contributed by atoms with Gasteiger partial charge in [-0.1, -0.05) is 18.6 Å². The molecular weight excluding hydrogens is 454 g/mol. The van der Waals surface area contributed by atoms with Crippen LogP contribution in [0.5, 0.6) is 5.75 Å². The van der Waals surface area contributed by atoms with Crippen LogP contribution in [0.1, 0.15) is 55.1 Å². The molecule has 0 radical (unpaired) electrons. The second-order valence-electron chi connectivity index (χ2n) is 8.45. The normalized spacial score (nSPS) is 17.8. The number of hydrogen-bond donors (Lipinski definition) is 1. The number of aromatic nitrogens is 3. The maximum atomic E-state index is 13.4. The third-order valence-corrected chi connectivity index (χ3v) is 8.21. The van der Waals surface area contributed by atoms with Crippen molar-refractivity contribution in [2.24, 2.45) is 0 Å². The summed E-state index contributed by atoms with van der Waals surface area (Å²) in [5.74, 6) is -0.135. The summed E-state index contributed by atoms with van der Waals surface area (Å²) in [7, 11) is -2.37. The van der Waals surface area contributed by atoms with Crippen LogP contribution in [0.4, 0.5) is 0 Å². The number of sulfonamides is 1. The van der Waals surface area contributed by atoms with E-state index in [1.807, 2.05) is 38.1 Å². The van der Waals surface area contributed by atoms with Gasteiger partial charge in [0, 0.05) is 18.2 Å². The van der Waals surface area contributed by atoms with Crippen LogP contribution in [0.25, 0.3) is 5.69 Å². The summed E-state index contributed by atoms with van der Waals surface area (Å²) in [6.45, 7) is 4.25. The van der Waals surface area contributed by atoms with Crippen LogP contribution in [0.3, 0.4) is 0 Å². The summed E-state index contributed by atoms with van der Waals surface area (Å²) in [4.78, 5) is 17.0. The summed E-state index contributed by atoms with van der Waals surface area (Å²) in [6, 6.07) is 11.7. The molecule has 180 valence electrons. The molecule has 0 unspecified atom stereocenters. The standard InChI is InChI=1S/C24H29N5O4S/c1-17-6-4-5-13-29(17)34(31,32)23-14-20(9-12-22(23)33-3)24(30)27-18(2)19-7-10-21(11-8-19)28-16-25-15-26-28/h7-12,14-18H,4-6,13H2,1-3H3,(H,27,30)/t17-,18+/m0/s1. The third kappa shape index (κ3) is 4.83. The smallest absolute Gasteiger partial charge is 0.251 e. The van der Waals surface area contributed by atoms with Crippen molar-refractivity contribution in [3.8, 4) is 11.4 Å². The first kappa shape index (κ1) is 23.9. The van der Waals surface area contributed by atoms with Crippen LogP contribution >= 0.6 is 0 Å². The number of nitrogens with zero attached hydrogens (tertiary/aromatic N) is 4. The van der Waals surface area contributed by atoms with Crippen molar-refractivity contribution < 1.29 is 17.9 Å². The van der Waals surface area contributed by atoms with Gasteiger partial charge in [-0.3, -0.25) is 4.79 Å². The fraction of sp³-hybridized carbons (Fsp3) is 0.375. The number of methoxy groups -OCH3 is 1. The Morgan fingerprint density at radius 2 is 1.94 bits per heavy atom. The second kappa shape index (κ2) is 9.94. The Morgan fingerprint density at radius 1 is 1.18 bits per heavy atom. The van der Waals surface area contributed by atoms with E-state index in [-0.39, 0.29) is 34.2 Å². The molecule has 4 rings (SSSR count). The van der Waals surface area contributed by atoms with Crippen molar-refractivity contribution in [3.05, 3.63) is 66.2 Å². The lowest BCUT2D eigenvalue weighted by Crippen LogP contribution is -2.42. The Kier molecular flexibility index (Phi) is 6.99. The van der Waals surface area contributed by atoms with Gasteiger partial charge in [-0.2, -0.15) is 9.40 Å². The van der Waals surface area contributed by atoms with Crippen molar-refractivity contribution in [2.45, 2.75) is 50.1 Å². The number of rotatable bonds is 7. The molecule has 34 heavy (non-hydrogen) atoms. The minimum absolute atomic E-state index is 0.0150. The Hall–Kier alpha value is -3.24. The van der Waals surface area contributed by atoms with Gasteiger partial charge in [0.1, 0.15) is 23.3 Å². The maximum Gasteiger partial charge on any atom is 0.251 e. The van der Waals surface area contributed by atoms with Crippen molar-refractivity contribution in [1.82, 2.24) is 24.4 Å². The second-order valence-corrected chi connectivity index (χ2v) is 10.3. The van der Waals surface area contributed by atoms with Gasteiger partial charge in [0.25, 0.3) is 5.91 Å². The molecule has 0 aliphatic carbocycles. The highest BCUT2D eigenvalue weighted by Crippen LogP contribution is 2.32. The summed E-state index contributed by atoms with van der Waals surface area (Å²) in [5.41, 5.74) is 2.02. The van der Waals surface area contributed by atoms with Gasteiger partial charge in [-0.25, -0.2) is 18.1 Å². The number of benzene rings is 2. The molecule has 1 saturated heterocycles. The lowest BCUT2D eigenvalue weighted by molar-refractivity contribution is 0.0939. The molecule has 2 aromatic carbocycles. The third-order valence-electron chi connectivity index (χ3n) is 6.18. The van der Waals surface area contributed by atoms with Crippen molar-refractivity contribution in [2.75, 3.05) is 13.7 Å². The number of hydrogen-bond acceptors (Lipinski definition) is 6. The molecule has 1 aliphatic rings. The first-order valence-electron chi connectivity index (χ1n) is 11.3. The van der Waals surface area contributed by atoms with Gasteiger partial charge in [0.05, 0.1) is 18.8 Å². The Balaban J connectivity index is 1.54. The number of carbonyl (C=O) groups is 1. The Morgan fingerprint density at radius 3 is 2.59 bits per heavy atom. The molecule has 2 atom stereocenters. The van der Waals surface area contributed by atoms with E-state index in [4.69, 9.17) is 4.74 Å². The Bertz CT molecular complexity index is 1240. The minimum atomic E-state index is -3.80. The van der Waals surface area contributed by atoms with E-state index in [9.17, 15) is 13.2 Å². The fourth-order valence-electron chi connectivity index (χ4n) is 4.20.